The summed E-state index contributed by atoms with van der Waals surface area (Å²) >= 11 is 0. The maximum atomic E-state index is 13.1. The molecule has 0 radical (unpaired) electrons. The van der Waals surface area contributed by atoms with Crippen LogP contribution in [0.4, 0.5) is 0 Å². The molecule has 3 unspecified atom stereocenters. The van der Waals surface area contributed by atoms with Crippen LogP contribution in [0.1, 0.15) is 220 Å². The number of hydrogen-bond acceptors (Lipinski definition) is 5. The van der Waals surface area contributed by atoms with Gasteiger partial charge in [0, 0.05) is 6.42 Å². The quantitative estimate of drug-likeness (QED) is 0.0247. The molecule has 0 rings (SSSR count). The predicted molar refractivity (Wildman–Crippen MR) is 250 cm³/mol. The largest absolute Gasteiger partial charge is 0.462 e. The molecule has 0 fully saturated rings. The third-order valence-electron chi connectivity index (χ3n) is 10.5. The normalized spacial score (nSPS) is 13.9. The third kappa shape index (κ3) is 40.1. The summed E-state index contributed by atoms with van der Waals surface area (Å²) in [5, 5.41) is 23.6. The average molecular weight is 810 g/mol. The molecule has 0 aromatic rings. The lowest BCUT2D eigenvalue weighted by Crippen LogP contribution is -2.46. The zero-order valence-corrected chi connectivity index (χ0v) is 37.9. The van der Waals surface area contributed by atoms with Crippen molar-refractivity contribution in [3.05, 3.63) is 72.9 Å². The highest BCUT2D eigenvalue weighted by Crippen LogP contribution is 2.16. The summed E-state index contributed by atoms with van der Waals surface area (Å²) in [7, 11) is 0. The summed E-state index contributed by atoms with van der Waals surface area (Å²) < 4.78 is 5.87. The zero-order chi connectivity index (χ0) is 42.4. The fraction of sp³-hybridized carbons (Fsp3) is 0.731. The number of rotatable bonds is 42. The van der Waals surface area contributed by atoms with E-state index in [0.717, 1.165) is 89.9 Å². The molecule has 0 aliphatic rings. The average Bonchev–Trinajstić information content (AvgIpc) is 3.22. The van der Waals surface area contributed by atoms with E-state index in [1.54, 1.807) is 0 Å². The van der Waals surface area contributed by atoms with Gasteiger partial charge < -0.3 is 20.3 Å². The van der Waals surface area contributed by atoms with E-state index in [0.29, 0.717) is 19.3 Å². The highest BCUT2D eigenvalue weighted by molar-refractivity contribution is 5.77. The number of allylic oxidation sites excluding steroid dienone is 12. The van der Waals surface area contributed by atoms with Gasteiger partial charge in [0.1, 0.15) is 6.10 Å². The Balaban J connectivity index is 4.73. The molecule has 6 nitrogen and oxygen atoms in total. The van der Waals surface area contributed by atoms with Gasteiger partial charge in [0.25, 0.3) is 0 Å². The van der Waals surface area contributed by atoms with Gasteiger partial charge in [-0.3, -0.25) is 9.59 Å². The molecule has 3 atom stereocenters. The van der Waals surface area contributed by atoms with Gasteiger partial charge in [-0.2, -0.15) is 0 Å². The minimum absolute atomic E-state index is 0.0263. The minimum atomic E-state index is -0.807. The number of esters is 1. The Labute approximate surface area is 358 Å². The Hall–Kier alpha value is -2.70. The molecule has 58 heavy (non-hydrogen) atoms. The molecule has 3 N–H and O–H groups in total. The predicted octanol–water partition coefficient (Wildman–Crippen LogP) is 14.2. The number of amides is 1. The number of ether oxygens (including phenoxy) is 1. The highest BCUT2D eigenvalue weighted by Gasteiger charge is 2.24. The first-order valence-electron chi connectivity index (χ1n) is 24.2. The molecule has 0 aromatic carbocycles. The van der Waals surface area contributed by atoms with E-state index >= 15 is 0 Å². The monoisotopic (exact) mass is 810 g/mol. The lowest BCUT2D eigenvalue weighted by molar-refractivity contribution is -0.151. The molecule has 0 bridgehead atoms. The molecule has 6 heteroatoms. The number of nitrogens with one attached hydrogen (secondary N) is 1. The van der Waals surface area contributed by atoms with E-state index in [9.17, 15) is 19.8 Å². The summed E-state index contributed by atoms with van der Waals surface area (Å²) in [6.07, 6.45) is 56.8. The van der Waals surface area contributed by atoms with Gasteiger partial charge in [-0.1, -0.05) is 196 Å². The smallest absolute Gasteiger partial charge is 0.306 e. The lowest BCUT2D eigenvalue weighted by atomic mass is 10.0. The van der Waals surface area contributed by atoms with Gasteiger partial charge in [0.15, 0.2) is 0 Å². The lowest BCUT2D eigenvalue weighted by Gasteiger charge is -2.24. The SMILES string of the molecule is CC/C=C/C/C=C/C/C=C/C/C=C/CCCC(CC(=O)NC(CO)C(O)CCCCCCCCCCC)OC(=O)CCCCC/C=C/C=C/CCCCCCCCC. The minimum Gasteiger partial charge on any atom is -0.462 e. The third-order valence-corrected chi connectivity index (χ3v) is 10.5. The van der Waals surface area contributed by atoms with Gasteiger partial charge >= 0.3 is 5.97 Å². The number of carbonyl (C=O) groups is 2. The Morgan fingerprint density at radius 2 is 1.00 bits per heavy atom. The molecule has 0 aliphatic carbocycles. The van der Waals surface area contributed by atoms with Crippen LogP contribution in [-0.4, -0.2) is 46.9 Å². The van der Waals surface area contributed by atoms with Crippen LogP contribution in [0.5, 0.6) is 0 Å². The number of unbranched alkanes of at least 4 members (excludes halogenated alkanes) is 19. The Kier molecular flexibility index (Phi) is 43.3. The van der Waals surface area contributed by atoms with Gasteiger partial charge in [-0.15, -0.1) is 0 Å². The standard InChI is InChI=1S/C52H91NO5/c1-4-7-10-13-16-19-21-23-25-26-28-30-33-36-39-42-45-52(57)58-48(43-40-37-34-32-29-27-24-22-20-17-14-11-8-5-2)46-51(56)53-49(47-54)50(55)44-41-38-35-31-18-15-12-9-6-3/h8,11,17,20,24-28,30,32,34,48-50,54-55H,4-7,9-10,12-16,18-19,21-23,29,31,33,35-47H2,1-3H3,(H,53,56)/b11-8+,20-17+,26-25+,27-24+,30-28+,34-32+. The Morgan fingerprint density at radius 3 is 1.53 bits per heavy atom. The molecular formula is C52H91NO5. The second kappa shape index (κ2) is 45.4. The first-order valence-corrected chi connectivity index (χ1v) is 24.2. The van der Waals surface area contributed by atoms with Crippen LogP contribution < -0.4 is 5.32 Å². The second-order valence-electron chi connectivity index (χ2n) is 16.2. The van der Waals surface area contributed by atoms with E-state index in [4.69, 9.17) is 4.74 Å². The van der Waals surface area contributed by atoms with Crippen molar-refractivity contribution in [2.24, 2.45) is 0 Å². The van der Waals surface area contributed by atoms with Crippen LogP contribution in [0.25, 0.3) is 0 Å². The van der Waals surface area contributed by atoms with Crippen LogP contribution in [0, 0.1) is 0 Å². The fourth-order valence-corrected chi connectivity index (χ4v) is 6.89. The van der Waals surface area contributed by atoms with Crippen LogP contribution in [0.3, 0.4) is 0 Å². The first-order chi connectivity index (χ1) is 28.5. The summed E-state index contributed by atoms with van der Waals surface area (Å²) in [6.45, 7) is 6.31. The summed E-state index contributed by atoms with van der Waals surface area (Å²) in [4.78, 5) is 26.0. The van der Waals surface area contributed by atoms with Crippen LogP contribution in [0.2, 0.25) is 0 Å². The van der Waals surface area contributed by atoms with Crippen LogP contribution in [-0.2, 0) is 14.3 Å². The molecule has 0 aliphatic heterocycles. The van der Waals surface area contributed by atoms with Gasteiger partial charge in [-0.05, 0) is 83.5 Å². The van der Waals surface area contributed by atoms with Crippen molar-refractivity contribution in [3.8, 4) is 0 Å². The maximum Gasteiger partial charge on any atom is 0.306 e. The maximum absolute atomic E-state index is 13.1. The van der Waals surface area contributed by atoms with Crippen molar-refractivity contribution in [2.45, 2.75) is 238 Å². The first kappa shape index (κ1) is 55.3. The van der Waals surface area contributed by atoms with Crippen molar-refractivity contribution in [1.82, 2.24) is 5.32 Å². The van der Waals surface area contributed by atoms with Crippen molar-refractivity contribution in [1.29, 1.82) is 0 Å². The van der Waals surface area contributed by atoms with Gasteiger partial charge in [0.2, 0.25) is 5.91 Å². The van der Waals surface area contributed by atoms with Crippen molar-refractivity contribution >= 4 is 11.9 Å². The number of aliphatic hydroxyl groups is 2. The van der Waals surface area contributed by atoms with Gasteiger partial charge in [0.05, 0.1) is 25.2 Å². The molecular weight excluding hydrogens is 719 g/mol. The fourth-order valence-electron chi connectivity index (χ4n) is 6.89. The van der Waals surface area contributed by atoms with Gasteiger partial charge in [-0.25, -0.2) is 0 Å². The Morgan fingerprint density at radius 1 is 0.534 bits per heavy atom. The van der Waals surface area contributed by atoms with Crippen LogP contribution in [0.15, 0.2) is 72.9 Å². The van der Waals surface area contributed by atoms with Crippen LogP contribution >= 0.6 is 0 Å². The topological polar surface area (TPSA) is 95.9 Å². The molecule has 0 saturated carbocycles. The number of carbonyl (C=O) groups excluding carboxylic acids is 2. The van der Waals surface area contributed by atoms with Crippen molar-refractivity contribution in [2.75, 3.05) is 6.61 Å². The van der Waals surface area contributed by atoms with E-state index in [1.165, 1.54) is 83.5 Å². The van der Waals surface area contributed by atoms with E-state index in [1.807, 2.05) is 0 Å². The molecule has 0 spiro atoms. The highest BCUT2D eigenvalue weighted by atomic mass is 16.5. The van der Waals surface area contributed by atoms with E-state index in [2.05, 4.69) is 99.0 Å². The number of aliphatic hydroxyl groups excluding tert-OH is 2. The molecule has 0 heterocycles. The molecule has 1 amide bonds. The molecule has 0 saturated heterocycles. The summed E-state index contributed by atoms with van der Waals surface area (Å²) in [5.74, 6) is -0.566. The van der Waals surface area contributed by atoms with Crippen molar-refractivity contribution < 1.29 is 24.5 Å². The second-order valence-corrected chi connectivity index (χ2v) is 16.2. The Bertz CT molecular complexity index is 1090. The number of hydrogen-bond donors (Lipinski definition) is 3. The summed E-state index contributed by atoms with van der Waals surface area (Å²) in [6, 6.07) is -0.725. The van der Waals surface area contributed by atoms with E-state index in [-0.39, 0.29) is 24.9 Å². The molecule has 0 aromatic heterocycles. The summed E-state index contributed by atoms with van der Waals surface area (Å²) in [5.41, 5.74) is 0. The zero-order valence-electron chi connectivity index (χ0n) is 37.9. The molecule has 334 valence electrons. The van der Waals surface area contributed by atoms with E-state index < -0.39 is 18.2 Å². The van der Waals surface area contributed by atoms with Crippen molar-refractivity contribution in [3.63, 3.8) is 0 Å².